The summed E-state index contributed by atoms with van der Waals surface area (Å²) in [6.07, 6.45) is -0.314. The number of nitrogens with zero attached hydrogens (tertiary/aromatic N) is 4. The number of para-hydroxylation sites is 1. The summed E-state index contributed by atoms with van der Waals surface area (Å²) < 4.78 is 7.30. The number of halogens is 1. The molecule has 6 nitrogen and oxygen atoms in total. The van der Waals surface area contributed by atoms with Crippen molar-refractivity contribution in [1.82, 2.24) is 15.2 Å². The largest absolute Gasteiger partial charge is 0.447 e. The van der Waals surface area contributed by atoms with Gasteiger partial charge in [0.15, 0.2) is 5.69 Å². The van der Waals surface area contributed by atoms with Gasteiger partial charge in [-0.25, -0.2) is 0 Å². The van der Waals surface area contributed by atoms with Crippen molar-refractivity contribution in [2.24, 2.45) is 0 Å². The molecule has 148 valence electrons. The van der Waals surface area contributed by atoms with E-state index in [2.05, 4.69) is 31.1 Å². The van der Waals surface area contributed by atoms with Crippen molar-refractivity contribution in [3.05, 3.63) is 58.6 Å². The number of hydrogen-bond acceptors (Lipinski definition) is 6. The van der Waals surface area contributed by atoms with Gasteiger partial charge in [0.1, 0.15) is 0 Å². The van der Waals surface area contributed by atoms with Crippen LogP contribution in [0.15, 0.2) is 58.2 Å². The summed E-state index contributed by atoms with van der Waals surface area (Å²) in [5, 5.41) is 9.18. The Morgan fingerprint density at radius 2 is 1.90 bits per heavy atom. The van der Waals surface area contributed by atoms with E-state index in [-0.39, 0.29) is 5.91 Å². The molecule has 3 aromatic rings. The summed E-state index contributed by atoms with van der Waals surface area (Å²) in [5.41, 5.74) is 2.89. The first-order valence-electron chi connectivity index (χ1n) is 9.33. The molecule has 4 rings (SSSR count). The van der Waals surface area contributed by atoms with Gasteiger partial charge < -0.3 is 4.74 Å². The summed E-state index contributed by atoms with van der Waals surface area (Å²) in [6, 6.07) is 15.4. The van der Waals surface area contributed by atoms with Crippen LogP contribution in [0.4, 0.5) is 5.69 Å². The van der Waals surface area contributed by atoms with Crippen molar-refractivity contribution in [2.75, 3.05) is 10.7 Å². The Kier molecular flexibility index (Phi) is 5.82. The number of fused-ring (bicyclic) bond motifs is 3. The highest BCUT2D eigenvalue weighted by atomic mass is 79.9. The van der Waals surface area contributed by atoms with E-state index in [4.69, 9.17) is 4.74 Å². The summed E-state index contributed by atoms with van der Waals surface area (Å²) >= 11 is 4.96. The molecule has 29 heavy (non-hydrogen) atoms. The molecular weight excluding hydrogens is 452 g/mol. The Labute approximate surface area is 181 Å². The number of benzene rings is 2. The van der Waals surface area contributed by atoms with Crippen LogP contribution in [0.1, 0.15) is 32.1 Å². The summed E-state index contributed by atoms with van der Waals surface area (Å²) in [4.78, 5) is 19.3. The zero-order chi connectivity index (χ0) is 20.4. The molecule has 1 aliphatic heterocycles. The Morgan fingerprint density at radius 1 is 1.14 bits per heavy atom. The van der Waals surface area contributed by atoms with Gasteiger partial charge >= 0.3 is 0 Å². The molecule has 1 aliphatic rings. The third kappa shape index (κ3) is 3.86. The molecule has 0 bridgehead atoms. The molecule has 0 saturated heterocycles. The van der Waals surface area contributed by atoms with Crippen molar-refractivity contribution in [2.45, 2.75) is 31.7 Å². The van der Waals surface area contributed by atoms with Gasteiger partial charge in [0.2, 0.25) is 23.2 Å². The van der Waals surface area contributed by atoms with Crippen LogP contribution in [-0.2, 0) is 4.79 Å². The average molecular weight is 471 g/mol. The fourth-order valence-electron chi connectivity index (χ4n) is 3.19. The Bertz CT molecular complexity index is 1050. The predicted octanol–water partition coefficient (Wildman–Crippen LogP) is 5.25. The second kappa shape index (κ2) is 8.51. The molecule has 8 heteroatoms. The zero-order valence-corrected chi connectivity index (χ0v) is 18.4. The van der Waals surface area contributed by atoms with Crippen molar-refractivity contribution < 1.29 is 9.53 Å². The first kappa shape index (κ1) is 19.8. The summed E-state index contributed by atoms with van der Waals surface area (Å²) in [5.74, 6) is 1.16. The van der Waals surface area contributed by atoms with Crippen LogP contribution in [0.25, 0.3) is 11.3 Å². The molecule has 0 saturated carbocycles. The van der Waals surface area contributed by atoms with Gasteiger partial charge in [-0.1, -0.05) is 71.9 Å². The van der Waals surface area contributed by atoms with E-state index in [0.717, 1.165) is 27.0 Å². The Hall–Kier alpha value is -2.45. The molecule has 0 spiro atoms. The molecule has 2 heterocycles. The first-order chi connectivity index (χ1) is 14.1. The quantitative estimate of drug-likeness (QED) is 0.485. The minimum absolute atomic E-state index is 0.0470. The average Bonchev–Trinajstić information content (AvgIpc) is 2.88. The number of ether oxygens (including phenoxy) is 1. The third-order valence-corrected chi connectivity index (χ3v) is 5.76. The van der Waals surface area contributed by atoms with Crippen molar-refractivity contribution in [1.29, 1.82) is 0 Å². The summed E-state index contributed by atoms with van der Waals surface area (Å²) in [7, 11) is 0. The first-order valence-corrected chi connectivity index (χ1v) is 11.1. The predicted molar refractivity (Wildman–Crippen MR) is 117 cm³/mol. The Morgan fingerprint density at radius 3 is 2.62 bits per heavy atom. The number of rotatable bonds is 4. The van der Waals surface area contributed by atoms with Gasteiger partial charge in [-0.15, -0.1) is 10.2 Å². The maximum Gasteiger partial charge on any atom is 0.247 e. The highest BCUT2D eigenvalue weighted by Crippen LogP contribution is 2.43. The van der Waals surface area contributed by atoms with Crippen LogP contribution in [0, 0.1) is 0 Å². The highest BCUT2D eigenvalue weighted by Gasteiger charge is 2.35. The molecule has 2 aromatic carbocycles. The number of anilines is 1. The topological polar surface area (TPSA) is 68.2 Å². The van der Waals surface area contributed by atoms with Crippen molar-refractivity contribution >= 4 is 39.3 Å². The van der Waals surface area contributed by atoms with Crippen LogP contribution in [-0.4, -0.2) is 26.8 Å². The Balaban J connectivity index is 1.94. The SMILES string of the molecule is CCSc1nnc2c(n1)OC(c1ccc(Br)cc1)N(C(=O)CC)c1ccccc1-2. The highest BCUT2D eigenvalue weighted by molar-refractivity contribution is 9.10. The van der Waals surface area contributed by atoms with Gasteiger partial charge in [0, 0.05) is 22.0 Å². The molecule has 0 fully saturated rings. The van der Waals surface area contributed by atoms with E-state index in [1.807, 2.05) is 62.4 Å². The fourth-order valence-corrected chi connectivity index (χ4v) is 3.96. The van der Waals surface area contributed by atoms with Crippen LogP contribution in [0.5, 0.6) is 5.88 Å². The number of carbonyl (C=O) groups is 1. The lowest BCUT2D eigenvalue weighted by Gasteiger charge is -2.30. The molecule has 0 radical (unpaired) electrons. The summed E-state index contributed by atoms with van der Waals surface area (Å²) in [6.45, 7) is 3.87. The van der Waals surface area contributed by atoms with Gasteiger partial charge in [0.05, 0.1) is 5.69 Å². The standard InChI is InChI=1S/C21H19BrN4O2S/c1-3-17(27)26-16-8-6-5-7-15(16)18-19(23-21(25-24-18)29-4-2)28-20(26)13-9-11-14(22)12-10-13/h5-12,20H,3-4H2,1-2H3. The van der Waals surface area contributed by atoms with Crippen LogP contribution < -0.4 is 9.64 Å². The van der Waals surface area contributed by atoms with Crippen molar-refractivity contribution in [3.63, 3.8) is 0 Å². The lowest BCUT2D eigenvalue weighted by atomic mass is 10.1. The van der Waals surface area contributed by atoms with Gasteiger partial charge in [-0.3, -0.25) is 9.69 Å². The van der Waals surface area contributed by atoms with E-state index in [0.29, 0.717) is 23.2 Å². The molecule has 0 N–H and O–H groups in total. The number of thioether (sulfide) groups is 1. The minimum atomic E-state index is -0.658. The van der Waals surface area contributed by atoms with E-state index in [1.54, 1.807) is 4.90 Å². The third-order valence-electron chi connectivity index (χ3n) is 4.51. The van der Waals surface area contributed by atoms with E-state index < -0.39 is 6.23 Å². The van der Waals surface area contributed by atoms with E-state index in [9.17, 15) is 4.79 Å². The maximum atomic E-state index is 13.0. The van der Waals surface area contributed by atoms with Gasteiger partial charge in [0.25, 0.3) is 0 Å². The lowest BCUT2D eigenvalue weighted by molar-refractivity contribution is -0.120. The molecule has 1 unspecified atom stereocenters. The van der Waals surface area contributed by atoms with Crippen LogP contribution in [0.3, 0.4) is 0 Å². The minimum Gasteiger partial charge on any atom is -0.447 e. The normalized spacial score (nSPS) is 15.1. The second-order valence-corrected chi connectivity index (χ2v) is 8.48. The number of hydrogen-bond donors (Lipinski definition) is 0. The maximum absolute atomic E-state index is 13.0. The molecule has 0 aliphatic carbocycles. The van der Waals surface area contributed by atoms with E-state index in [1.165, 1.54) is 11.8 Å². The fraction of sp³-hybridized carbons (Fsp3) is 0.238. The second-order valence-electron chi connectivity index (χ2n) is 6.34. The number of aromatic nitrogens is 3. The van der Waals surface area contributed by atoms with E-state index >= 15 is 0 Å². The van der Waals surface area contributed by atoms with Gasteiger partial charge in [-0.05, 0) is 24.0 Å². The number of carbonyl (C=O) groups excluding carboxylic acids is 1. The molecule has 1 atom stereocenters. The smallest absolute Gasteiger partial charge is 0.247 e. The molecule has 1 amide bonds. The van der Waals surface area contributed by atoms with Gasteiger partial charge in [-0.2, -0.15) is 4.98 Å². The number of amides is 1. The van der Waals surface area contributed by atoms with Crippen molar-refractivity contribution in [3.8, 4) is 17.1 Å². The molecule has 1 aromatic heterocycles. The molecular formula is C21H19BrN4O2S. The monoisotopic (exact) mass is 470 g/mol. The lowest BCUT2D eigenvalue weighted by Crippen LogP contribution is -2.37. The zero-order valence-electron chi connectivity index (χ0n) is 16.0. The van der Waals surface area contributed by atoms with Crippen LogP contribution in [0.2, 0.25) is 0 Å². The van der Waals surface area contributed by atoms with Crippen LogP contribution >= 0.6 is 27.7 Å².